The first-order valence-corrected chi connectivity index (χ1v) is 10.5. The van der Waals surface area contributed by atoms with Gasteiger partial charge in [0, 0.05) is 23.6 Å². The fraction of sp³-hybridized carbons (Fsp3) is 0.400. The minimum atomic E-state index is -0.306. The number of fused-ring (bicyclic) bond motifs is 1. The van der Waals surface area contributed by atoms with Gasteiger partial charge in [-0.1, -0.05) is 67.3 Å². The van der Waals surface area contributed by atoms with Crippen LogP contribution < -0.4 is 5.73 Å². The number of para-hydroxylation sites is 1. The molecule has 1 atom stereocenters. The molecule has 0 radical (unpaired) electrons. The molecule has 0 saturated heterocycles. The van der Waals surface area contributed by atoms with Crippen LogP contribution in [0.2, 0.25) is 0 Å². The molecule has 1 unspecified atom stereocenters. The molecule has 1 saturated carbocycles. The maximum atomic E-state index is 12.4. The predicted octanol–water partition coefficient (Wildman–Crippen LogP) is 5.34. The molecule has 3 heteroatoms. The molecule has 1 aliphatic rings. The fourth-order valence-corrected chi connectivity index (χ4v) is 4.79. The number of rotatable bonds is 6. The molecular weight excluding hydrogens is 344 g/mol. The zero-order valence-electron chi connectivity index (χ0n) is 16.7. The molecule has 1 aromatic heterocycles. The van der Waals surface area contributed by atoms with Gasteiger partial charge in [-0.25, -0.2) is 0 Å². The lowest BCUT2D eigenvalue weighted by molar-refractivity contribution is -0.119. The molecule has 1 aliphatic carbocycles. The number of carbonyl (C=O) groups excluding carboxylic acids is 1. The van der Waals surface area contributed by atoms with Crippen molar-refractivity contribution in [3.05, 3.63) is 71.4 Å². The van der Waals surface area contributed by atoms with Crippen molar-refractivity contribution < 1.29 is 4.79 Å². The number of aryl methyl sites for hydroxylation is 1. The van der Waals surface area contributed by atoms with Crippen LogP contribution in [0.4, 0.5) is 0 Å². The predicted molar refractivity (Wildman–Crippen MR) is 115 cm³/mol. The molecule has 1 amide bonds. The maximum Gasteiger partial charge on any atom is 0.225 e. The molecule has 3 aromatic rings. The minimum Gasteiger partial charge on any atom is -0.369 e. The summed E-state index contributed by atoms with van der Waals surface area (Å²) >= 11 is 0. The first kappa shape index (κ1) is 18.8. The van der Waals surface area contributed by atoms with Crippen molar-refractivity contribution in [2.45, 2.75) is 57.9 Å². The van der Waals surface area contributed by atoms with Gasteiger partial charge in [0.2, 0.25) is 5.91 Å². The highest BCUT2D eigenvalue weighted by Gasteiger charge is 2.24. The summed E-state index contributed by atoms with van der Waals surface area (Å²) in [6, 6.07) is 16.8. The average Bonchev–Trinajstić information content (AvgIpc) is 3.05. The van der Waals surface area contributed by atoms with Crippen LogP contribution in [0.3, 0.4) is 0 Å². The summed E-state index contributed by atoms with van der Waals surface area (Å²) in [5.74, 6) is 0.183. The van der Waals surface area contributed by atoms with E-state index < -0.39 is 0 Å². The lowest BCUT2D eigenvalue weighted by Gasteiger charge is -2.22. The molecule has 2 N–H and O–H groups in total. The normalized spacial score (nSPS) is 16.3. The van der Waals surface area contributed by atoms with E-state index in [-0.39, 0.29) is 11.8 Å². The Labute approximate surface area is 167 Å². The number of nitrogens with zero attached hydrogens (tertiary/aromatic N) is 1. The number of hydrogen-bond donors (Lipinski definition) is 1. The number of hydrogen-bond acceptors (Lipinski definition) is 1. The molecule has 28 heavy (non-hydrogen) atoms. The monoisotopic (exact) mass is 374 g/mol. The number of benzene rings is 2. The van der Waals surface area contributed by atoms with Crippen LogP contribution in [0.15, 0.2) is 54.7 Å². The van der Waals surface area contributed by atoms with Crippen LogP contribution in [0.25, 0.3) is 10.9 Å². The zero-order valence-corrected chi connectivity index (χ0v) is 16.7. The summed E-state index contributed by atoms with van der Waals surface area (Å²) in [5, 5.41) is 1.16. The zero-order chi connectivity index (χ0) is 19.5. The summed E-state index contributed by atoms with van der Waals surface area (Å²) in [4.78, 5) is 12.4. The smallest absolute Gasteiger partial charge is 0.225 e. The quantitative estimate of drug-likeness (QED) is 0.622. The molecule has 146 valence electrons. The van der Waals surface area contributed by atoms with E-state index in [0.29, 0.717) is 6.42 Å². The van der Waals surface area contributed by atoms with E-state index >= 15 is 0 Å². The third kappa shape index (κ3) is 3.99. The summed E-state index contributed by atoms with van der Waals surface area (Å²) in [5.41, 5.74) is 10.6. The Balaban J connectivity index is 1.70. The largest absolute Gasteiger partial charge is 0.369 e. The van der Waals surface area contributed by atoms with Crippen molar-refractivity contribution in [2.24, 2.45) is 11.7 Å². The Kier molecular flexibility index (Phi) is 5.52. The highest BCUT2D eigenvalue weighted by Crippen LogP contribution is 2.33. The Bertz CT molecular complexity index is 966. The topological polar surface area (TPSA) is 48.0 Å². The van der Waals surface area contributed by atoms with E-state index in [1.807, 2.05) is 0 Å². The van der Waals surface area contributed by atoms with Gasteiger partial charge in [0.15, 0.2) is 0 Å². The van der Waals surface area contributed by atoms with Crippen molar-refractivity contribution in [2.75, 3.05) is 0 Å². The molecule has 0 bridgehead atoms. The van der Waals surface area contributed by atoms with Crippen LogP contribution in [0.1, 0.15) is 54.7 Å². The van der Waals surface area contributed by atoms with Crippen LogP contribution in [0, 0.1) is 12.8 Å². The lowest BCUT2D eigenvalue weighted by Crippen LogP contribution is -2.23. The van der Waals surface area contributed by atoms with E-state index in [4.69, 9.17) is 5.73 Å². The molecule has 0 aliphatic heterocycles. The van der Waals surface area contributed by atoms with Crippen molar-refractivity contribution in [3.8, 4) is 0 Å². The van der Waals surface area contributed by atoms with Crippen molar-refractivity contribution >= 4 is 16.8 Å². The second kappa shape index (κ2) is 8.22. The first-order chi connectivity index (χ1) is 13.6. The van der Waals surface area contributed by atoms with Crippen molar-refractivity contribution in [1.29, 1.82) is 0 Å². The number of primary amides is 1. The number of nitrogens with two attached hydrogens (primary N) is 1. The van der Waals surface area contributed by atoms with Gasteiger partial charge in [-0.3, -0.25) is 4.79 Å². The van der Waals surface area contributed by atoms with Gasteiger partial charge in [0.25, 0.3) is 0 Å². The first-order valence-electron chi connectivity index (χ1n) is 10.5. The Hall–Kier alpha value is -2.55. The van der Waals surface area contributed by atoms with Gasteiger partial charge < -0.3 is 10.3 Å². The Morgan fingerprint density at radius 1 is 1.11 bits per heavy atom. The number of aromatic nitrogens is 1. The Morgan fingerprint density at radius 3 is 2.64 bits per heavy atom. The summed E-state index contributed by atoms with van der Waals surface area (Å²) < 4.78 is 2.37. The maximum absolute atomic E-state index is 12.4. The van der Waals surface area contributed by atoms with Gasteiger partial charge in [-0.05, 0) is 49.3 Å². The fourth-order valence-electron chi connectivity index (χ4n) is 4.79. The van der Waals surface area contributed by atoms with Crippen molar-refractivity contribution in [3.63, 3.8) is 0 Å². The second-order valence-electron chi connectivity index (χ2n) is 8.41. The standard InChI is InChI=1S/C25H30N2O/c1-18-8-7-11-20(14-18)15-22(25(26)28)23-17-27(16-19-9-3-2-4-10-19)24-13-6-5-12-21(23)24/h5-8,11-14,17,19,22H,2-4,9-10,15-16H2,1H3,(H2,26,28). The summed E-state index contributed by atoms with van der Waals surface area (Å²) in [6.07, 6.45) is 9.52. The molecule has 1 fully saturated rings. The van der Waals surface area contributed by atoms with E-state index in [2.05, 4.69) is 66.2 Å². The third-order valence-corrected chi connectivity index (χ3v) is 6.24. The van der Waals surface area contributed by atoms with Gasteiger partial charge in [0.05, 0.1) is 5.92 Å². The highest BCUT2D eigenvalue weighted by atomic mass is 16.1. The van der Waals surface area contributed by atoms with Crippen molar-refractivity contribution in [1.82, 2.24) is 4.57 Å². The molecule has 1 heterocycles. The van der Waals surface area contributed by atoms with Crippen LogP contribution in [-0.4, -0.2) is 10.5 Å². The van der Waals surface area contributed by atoms with Gasteiger partial charge in [0.1, 0.15) is 0 Å². The van der Waals surface area contributed by atoms with E-state index in [1.54, 1.807) is 0 Å². The molecular formula is C25H30N2O. The van der Waals surface area contributed by atoms with Crippen LogP contribution in [-0.2, 0) is 17.8 Å². The third-order valence-electron chi connectivity index (χ3n) is 6.24. The van der Waals surface area contributed by atoms with Gasteiger partial charge in [-0.2, -0.15) is 0 Å². The number of amides is 1. The summed E-state index contributed by atoms with van der Waals surface area (Å²) in [6.45, 7) is 3.12. The van der Waals surface area contributed by atoms with E-state index in [0.717, 1.165) is 29.0 Å². The van der Waals surface area contributed by atoms with Gasteiger partial charge in [-0.15, -0.1) is 0 Å². The summed E-state index contributed by atoms with van der Waals surface area (Å²) in [7, 11) is 0. The van der Waals surface area contributed by atoms with E-state index in [1.165, 1.54) is 43.2 Å². The molecule has 3 nitrogen and oxygen atoms in total. The highest BCUT2D eigenvalue weighted by molar-refractivity contribution is 5.92. The molecule has 0 spiro atoms. The number of carbonyl (C=O) groups is 1. The minimum absolute atomic E-state index is 0.248. The molecule has 4 rings (SSSR count). The SMILES string of the molecule is Cc1cccc(CC(C(N)=O)c2cn(CC3CCCCC3)c3ccccc23)c1. The average molecular weight is 375 g/mol. The van der Waals surface area contributed by atoms with Crippen LogP contribution in [0.5, 0.6) is 0 Å². The lowest BCUT2D eigenvalue weighted by atomic mass is 9.89. The Morgan fingerprint density at radius 2 is 1.89 bits per heavy atom. The second-order valence-corrected chi connectivity index (χ2v) is 8.41. The van der Waals surface area contributed by atoms with Gasteiger partial charge >= 0.3 is 0 Å². The van der Waals surface area contributed by atoms with Crippen LogP contribution >= 0.6 is 0 Å². The van der Waals surface area contributed by atoms with E-state index in [9.17, 15) is 4.79 Å². The molecule has 2 aromatic carbocycles.